The lowest BCUT2D eigenvalue weighted by Crippen LogP contribution is -2.58. The Morgan fingerprint density at radius 1 is 1.08 bits per heavy atom. The fourth-order valence-corrected chi connectivity index (χ4v) is 4.36. The number of ether oxygens (including phenoxy) is 1. The third-order valence-corrected chi connectivity index (χ3v) is 5.72. The molecule has 4 rings (SSSR count). The molecule has 4 N–H and O–H groups in total. The van der Waals surface area contributed by atoms with Gasteiger partial charge in [-0.2, -0.15) is 4.99 Å². The molecule has 8 heteroatoms. The molecule has 3 aliphatic rings. The molecule has 1 spiro atoms. The van der Waals surface area contributed by atoms with Gasteiger partial charge in [0.2, 0.25) is 11.9 Å². The molecule has 0 amide bonds. The predicted molar refractivity (Wildman–Crippen MR) is 106 cm³/mol. The van der Waals surface area contributed by atoms with Gasteiger partial charge in [0.25, 0.3) is 0 Å². The zero-order chi connectivity index (χ0) is 18.1. The van der Waals surface area contributed by atoms with Crippen LogP contribution in [0.15, 0.2) is 28.2 Å². The first-order valence-corrected chi connectivity index (χ1v) is 9.59. The number of hydrogen-bond acceptors (Lipinski definition) is 7. The van der Waals surface area contributed by atoms with Crippen molar-refractivity contribution in [2.24, 2.45) is 21.5 Å². The summed E-state index contributed by atoms with van der Waals surface area (Å²) in [6.45, 7) is 3.19. The molecule has 26 heavy (non-hydrogen) atoms. The Hall–Kier alpha value is -1.99. The number of anilines is 2. The van der Waals surface area contributed by atoms with E-state index in [1.165, 1.54) is 6.42 Å². The first-order chi connectivity index (χ1) is 12.6. The smallest absolute Gasteiger partial charge is 0.220 e. The molecule has 1 aromatic rings. The molecule has 1 aromatic carbocycles. The molecule has 7 nitrogen and oxygen atoms in total. The zero-order valence-electron chi connectivity index (χ0n) is 14.8. The van der Waals surface area contributed by atoms with Gasteiger partial charge in [-0.25, -0.2) is 4.99 Å². The van der Waals surface area contributed by atoms with E-state index in [0.29, 0.717) is 11.0 Å². The average Bonchev–Trinajstić information content (AvgIpc) is 2.64. The Morgan fingerprint density at radius 2 is 1.81 bits per heavy atom. The van der Waals surface area contributed by atoms with Crippen LogP contribution in [0, 0.1) is 0 Å². The highest BCUT2D eigenvalue weighted by molar-refractivity contribution is 6.34. The summed E-state index contributed by atoms with van der Waals surface area (Å²) < 4.78 is 5.46. The molecule has 1 aliphatic carbocycles. The Balaban J connectivity index is 1.75. The third kappa shape index (κ3) is 3.10. The molecule has 1 saturated carbocycles. The molecule has 2 aliphatic heterocycles. The second-order valence-corrected chi connectivity index (χ2v) is 7.46. The standard InChI is InChI=1S/C18H25ClN6O/c19-14-5-4-13(24-8-10-26-11-9-24)12-15(14)25-17(21)22-16(20)23-18(25)6-2-1-3-7-18/h4-5,12H,1-3,6-11H2,(H4,20,21,22,23). The Bertz CT molecular complexity index is 737. The number of aliphatic imine (C=N–C) groups is 2. The first kappa shape index (κ1) is 17.4. The van der Waals surface area contributed by atoms with Crippen LogP contribution in [0.3, 0.4) is 0 Å². The van der Waals surface area contributed by atoms with Gasteiger partial charge in [0.15, 0.2) is 0 Å². The van der Waals surface area contributed by atoms with E-state index in [-0.39, 0.29) is 5.96 Å². The lowest BCUT2D eigenvalue weighted by Gasteiger charge is -2.46. The summed E-state index contributed by atoms with van der Waals surface area (Å²) in [5.74, 6) is 0.613. The predicted octanol–water partition coefficient (Wildman–Crippen LogP) is 2.29. The summed E-state index contributed by atoms with van der Waals surface area (Å²) >= 11 is 6.60. The number of rotatable bonds is 2. The van der Waals surface area contributed by atoms with E-state index < -0.39 is 5.66 Å². The fourth-order valence-electron chi connectivity index (χ4n) is 4.16. The van der Waals surface area contributed by atoms with Gasteiger partial charge >= 0.3 is 0 Å². The van der Waals surface area contributed by atoms with Gasteiger partial charge < -0.3 is 21.1 Å². The molecule has 0 radical (unpaired) electrons. The number of hydrogen-bond donors (Lipinski definition) is 2. The van der Waals surface area contributed by atoms with Crippen molar-refractivity contribution in [3.63, 3.8) is 0 Å². The van der Waals surface area contributed by atoms with Crippen molar-refractivity contribution in [1.29, 1.82) is 0 Å². The van der Waals surface area contributed by atoms with Gasteiger partial charge in [0, 0.05) is 18.8 Å². The maximum Gasteiger partial charge on any atom is 0.220 e. The van der Waals surface area contributed by atoms with E-state index in [2.05, 4.69) is 16.0 Å². The quantitative estimate of drug-likeness (QED) is 0.826. The molecular weight excluding hydrogens is 352 g/mol. The van der Waals surface area contributed by atoms with Crippen LogP contribution in [0.4, 0.5) is 11.4 Å². The van der Waals surface area contributed by atoms with Crippen molar-refractivity contribution in [2.75, 3.05) is 36.1 Å². The largest absolute Gasteiger partial charge is 0.378 e. The van der Waals surface area contributed by atoms with Crippen LogP contribution in [0.2, 0.25) is 5.02 Å². The van der Waals surface area contributed by atoms with Crippen molar-refractivity contribution in [1.82, 2.24) is 0 Å². The van der Waals surface area contributed by atoms with E-state index >= 15 is 0 Å². The Kier molecular flexibility index (Phi) is 4.67. The molecule has 0 atom stereocenters. The minimum absolute atomic E-state index is 0.251. The maximum absolute atomic E-state index is 6.60. The molecule has 2 heterocycles. The van der Waals surface area contributed by atoms with E-state index in [9.17, 15) is 0 Å². The lowest BCUT2D eigenvalue weighted by atomic mass is 9.87. The number of guanidine groups is 2. The van der Waals surface area contributed by atoms with Gasteiger partial charge in [-0.05, 0) is 43.9 Å². The first-order valence-electron chi connectivity index (χ1n) is 9.21. The van der Waals surface area contributed by atoms with Gasteiger partial charge in [0.05, 0.1) is 23.9 Å². The van der Waals surface area contributed by atoms with Crippen molar-refractivity contribution < 1.29 is 4.74 Å². The van der Waals surface area contributed by atoms with Crippen molar-refractivity contribution in [3.8, 4) is 0 Å². The summed E-state index contributed by atoms with van der Waals surface area (Å²) in [6, 6.07) is 6.05. The molecule has 0 bridgehead atoms. The number of nitrogens with zero attached hydrogens (tertiary/aromatic N) is 4. The van der Waals surface area contributed by atoms with Crippen LogP contribution < -0.4 is 21.3 Å². The van der Waals surface area contributed by atoms with Crippen molar-refractivity contribution in [2.45, 2.75) is 37.8 Å². The van der Waals surface area contributed by atoms with Gasteiger partial charge in [-0.1, -0.05) is 18.0 Å². The maximum atomic E-state index is 6.60. The van der Waals surface area contributed by atoms with Gasteiger partial charge in [-0.15, -0.1) is 0 Å². The van der Waals surface area contributed by atoms with E-state index in [1.54, 1.807) is 0 Å². The summed E-state index contributed by atoms with van der Waals surface area (Å²) in [5.41, 5.74) is 13.7. The number of nitrogens with two attached hydrogens (primary N) is 2. The van der Waals surface area contributed by atoms with Crippen LogP contribution in [0.5, 0.6) is 0 Å². The minimum Gasteiger partial charge on any atom is -0.378 e. The highest BCUT2D eigenvalue weighted by Gasteiger charge is 2.43. The summed E-state index contributed by atoms with van der Waals surface area (Å²) in [5, 5.41) is 0.640. The van der Waals surface area contributed by atoms with E-state index in [0.717, 1.165) is 63.4 Å². The fraction of sp³-hybridized carbons (Fsp3) is 0.556. The lowest BCUT2D eigenvalue weighted by molar-refractivity contribution is 0.122. The minimum atomic E-state index is -0.485. The SMILES string of the molecule is NC1=NC2(CCCCC2)N(c2cc(N3CCOCC3)ccc2Cl)C(N)=N1. The number of benzene rings is 1. The van der Waals surface area contributed by atoms with Crippen LogP contribution in [-0.2, 0) is 4.74 Å². The number of halogens is 1. The van der Waals surface area contributed by atoms with Crippen LogP contribution in [-0.4, -0.2) is 43.9 Å². The van der Waals surface area contributed by atoms with Gasteiger partial charge in [-0.3, -0.25) is 4.90 Å². The molecule has 0 aromatic heterocycles. The second-order valence-electron chi connectivity index (χ2n) is 7.05. The zero-order valence-corrected chi connectivity index (χ0v) is 15.6. The Labute approximate surface area is 158 Å². The normalized spacial score (nSPS) is 23.0. The van der Waals surface area contributed by atoms with E-state index in [4.69, 9.17) is 32.8 Å². The molecule has 140 valence electrons. The monoisotopic (exact) mass is 376 g/mol. The molecule has 1 saturated heterocycles. The van der Waals surface area contributed by atoms with Crippen LogP contribution in [0.25, 0.3) is 0 Å². The van der Waals surface area contributed by atoms with Crippen LogP contribution in [0.1, 0.15) is 32.1 Å². The molecule has 2 fully saturated rings. The highest BCUT2D eigenvalue weighted by Crippen LogP contribution is 2.42. The average molecular weight is 377 g/mol. The summed E-state index contributed by atoms with van der Waals surface area (Å²) in [4.78, 5) is 13.2. The van der Waals surface area contributed by atoms with E-state index in [1.807, 2.05) is 17.0 Å². The van der Waals surface area contributed by atoms with Crippen molar-refractivity contribution >= 4 is 34.9 Å². The molecule has 0 unspecified atom stereocenters. The molecular formula is C18H25ClN6O. The van der Waals surface area contributed by atoms with Crippen molar-refractivity contribution in [3.05, 3.63) is 23.2 Å². The summed E-state index contributed by atoms with van der Waals surface area (Å²) in [6.07, 6.45) is 5.15. The number of morpholine rings is 1. The second kappa shape index (κ2) is 6.96. The Morgan fingerprint density at radius 3 is 2.54 bits per heavy atom. The third-order valence-electron chi connectivity index (χ3n) is 5.40. The highest BCUT2D eigenvalue weighted by atomic mass is 35.5. The van der Waals surface area contributed by atoms with Gasteiger partial charge in [0.1, 0.15) is 5.66 Å². The topological polar surface area (TPSA) is 92.5 Å². The van der Waals surface area contributed by atoms with Crippen LogP contribution >= 0.6 is 11.6 Å². The summed E-state index contributed by atoms with van der Waals surface area (Å²) in [7, 11) is 0.